The Balaban J connectivity index is 0.000000152. The third-order valence-corrected chi connectivity index (χ3v) is 20.7. The van der Waals surface area contributed by atoms with Gasteiger partial charge in [-0.3, -0.25) is 0 Å². The summed E-state index contributed by atoms with van der Waals surface area (Å²) in [5, 5.41) is 16.6. The van der Waals surface area contributed by atoms with Gasteiger partial charge >= 0.3 is 0 Å². The highest BCUT2D eigenvalue weighted by molar-refractivity contribution is 6.19. The van der Waals surface area contributed by atoms with Gasteiger partial charge in [-0.05, 0) is 205 Å². The lowest BCUT2D eigenvalue weighted by molar-refractivity contribution is 0.669. The lowest BCUT2D eigenvalue weighted by Gasteiger charge is -2.28. The van der Waals surface area contributed by atoms with Gasteiger partial charge in [-0.1, -0.05) is 309 Å². The number of para-hydroxylation sites is 3. The molecular formula is C104H66N2O2. The molecule has 22 rings (SSSR count). The molecule has 0 spiro atoms. The van der Waals surface area contributed by atoms with Crippen molar-refractivity contribution in [3.63, 3.8) is 0 Å². The van der Waals surface area contributed by atoms with Crippen molar-refractivity contribution in [1.29, 1.82) is 0 Å². The van der Waals surface area contributed by atoms with Crippen molar-refractivity contribution >= 4 is 164 Å². The molecule has 0 aliphatic heterocycles. The summed E-state index contributed by atoms with van der Waals surface area (Å²) < 4.78 is 168. The summed E-state index contributed by atoms with van der Waals surface area (Å²) in [5.74, 6) is 0. The van der Waals surface area contributed by atoms with Crippen molar-refractivity contribution in [2.45, 2.75) is 0 Å². The van der Waals surface area contributed by atoms with E-state index in [1.165, 1.54) is 9.80 Å². The molecule has 2 aromatic heterocycles. The molecule has 20 aromatic carbocycles. The topological polar surface area (TPSA) is 32.8 Å². The Morgan fingerprint density at radius 1 is 0.194 bits per heavy atom. The van der Waals surface area contributed by atoms with Crippen LogP contribution in [0.2, 0.25) is 0 Å². The molecule has 0 fully saturated rings. The van der Waals surface area contributed by atoms with Gasteiger partial charge in [-0.2, -0.15) is 0 Å². The van der Waals surface area contributed by atoms with E-state index >= 15 is 0 Å². The van der Waals surface area contributed by atoms with Gasteiger partial charge in [0.15, 0.2) is 0 Å². The van der Waals surface area contributed by atoms with E-state index < -0.39 is 48.3 Å². The number of furan rings is 2. The van der Waals surface area contributed by atoms with Gasteiger partial charge in [0.05, 0.1) is 33.3 Å². The Kier molecular flexibility index (Phi) is 11.4. The van der Waals surface area contributed by atoms with Crippen LogP contribution in [0, 0.1) is 0 Å². The van der Waals surface area contributed by atoms with Crippen LogP contribution < -0.4 is 9.80 Å². The Morgan fingerprint density at radius 3 is 0.917 bits per heavy atom. The van der Waals surface area contributed by atoms with Gasteiger partial charge in [0.1, 0.15) is 22.3 Å². The Hall–Kier alpha value is -14.3. The minimum atomic E-state index is -0.423. The highest BCUT2D eigenvalue weighted by Crippen LogP contribution is 2.48. The van der Waals surface area contributed by atoms with Crippen molar-refractivity contribution in [1.82, 2.24) is 0 Å². The number of benzene rings is 20. The molecule has 0 amide bonds. The second kappa shape index (κ2) is 25.8. The van der Waals surface area contributed by atoms with Crippen LogP contribution in [0.3, 0.4) is 0 Å². The molecule has 2 heterocycles. The maximum atomic E-state index is 9.81. The third-order valence-electron chi connectivity index (χ3n) is 20.7. The normalized spacial score (nSPS) is 13.8. The molecule has 0 atom stereocenters. The Bertz CT molecular complexity index is 8270. The lowest BCUT2D eigenvalue weighted by atomic mass is 9.93. The summed E-state index contributed by atoms with van der Waals surface area (Å²) in [7, 11) is 0. The maximum absolute atomic E-state index is 9.81. The molecule has 0 radical (unpaired) electrons. The highest BCUT2D eigenvalue weighted by atomic mass is 16.3. The van der Waals surface area contributed by atoms with Gasteiger partial charge in [0, 0.05) is 60.6 Å². The predicted molar refractivity (Wildman–Crippen MR) is 459 cm³/mol. The van der Waals surface area contributed by atoms with E-state index in [4.69, 9.17) is 8.83 Å². The van der Waals surface area contributed by atoms with E-state index in [0.717, 1.165) is 91.6 Å². The third kappa shape index (κ3) is 10.5. The Morgan fingerprint density at radius 2 is 0.481 bits per heavy atom. The monoisotopic (exact) mass is 1390 g/mol. The molecular weight excluding hydrogens is 1310 g/mol. The molecule has 504 valence electrons. The summed E-state index contributed by atoms with van der Waals surface area (Å²) in [6, 6.07) is 89.3. The fraction of sp³-hybridized carbons (Fsp3) is 0. The SMILES string of the molecule is [2H]c1c([2H])c(N(c2c([2H])c([2H])c(-c3cccc4c3oc3ccccc34)c([2H])c2[2H])c2cc3ccccc3c3ccccc23)c([2H])c([2H])c1-c1cc2ccccc2c2ccccc12.[2H]c1c([2H])c(N(c2c([2H])c([2H])c(-c3cccc4oc5ccccc5c34)c([2H])c2[2H])c2cc3ccccc3c3ccccc23)c([2H])c([2H])c1-c1cc2ccccc2c2ccccc12. The van der Waals surface area contributed by atoms with Crippen LogP contribution in [0.1, 0.15) is 21.9 Å². The zero-order valence-corrected chi connectivity index (χ0v) is 57.6. The molecule has 4 nitrogen and oxygen atoms in total. The lowest BCUT2D eigenvalue weighted by Crippen LogP contribution is -2.10. The summed E-state index contributed by atoms with van der Waals surface area (Å²) in [5.41, 5.74) is 4.40. The maximum Gasteiger partial charge on any atom is 0.143 e. The van der Waals surface area contributed by atoms with Crippen LogP contribution in [-0.2, 0) is 0 Å². The first-order valence-electron chi connectivity index (χ1n) is 43.7. The van der Waals surface area contributed by atoms with Crippen LogP contribution in [0.15, 0.2) is 409 Å². The van der Waals surface area contributed by atoms with E-state index in [-0.39, 0.29) is 93.3 Å². The van der Waals surface area contributed by atoms with Gasteiger partial charge in [0.2, 0.25) is 0 Å². The van der Waals surface area contributed by atoms with E-state index in [1.54, 1.807) is 24.3 Å². The zero-order valence-electron chi connectivity index (χ0n) is 73.6. The number of hydrogen-bond donors (Lipinski definition) is 0. The first kappa shape index (κ1) is 47.8. The van der Waals surface area contributed by atoms with Gasteiger partial charge in [-0.25, -0.2) is 0 Å². The van der Waals surface area contributed by atoms with Crippen molar-refractivity contribution in [3.05, 3.63) is 400 Å². The van der Waals surface area contributed by atoms with Crippen molar-refractivity contribution in [2.75, 3.05) is 9.80 Å². The van der Waals surface area contributed by atoms with Crippen LogP contribution in [0.25, 0.3) is 175 Å². The molecule has 0 aliphatic rings. The summed E-state index contributed by atoms with van der Waals surface area (Å²) in [6.07, 6.45) is 0. The van der Waals surface area contributed by atoms with Crippen LogP contribution in [0.4, 0.5) is 34.1 Å². The highest BCUT2D eigenvalue weighted by Gasteiger charge is 2.23. The number of rotatable bonds is 10. The summed E-state index contributed by atoms with van der Waals surface area (Å²) in [4.78, 5) is 2.82. The van der Waals surface area contributed by atoms with Crippen molar-refractivity contribution < 1.29 is 30.8 Å². The fourth-order valence-corrected chi connectivity index (χ4v) is 15.8. The summed E-state index contributed by atoms with van der Waals surface area (Å²) >= 11 is 0. The largest absolute Gasteiger partial charge is 0.456 e. The molecule has 0 N–H and O–H groups in total. The van der Waals surface area contributed by atoms with Gasteiger partial charge < -0.3 is 18.6 Å². The summed E-state index contributed by atoms with van der Waals surface area (Å²) in [6.45, 7) is 0. The van der Waals surface area contributed by atoms with Crippen molar-refractivity contribution in [2.24, 2.45) is 0 Å². The average molecular weight is 1390 g/mol. The minimum Gasteiger partial charge on any atom is -0.456 e. The second-order valence-electron chi connectivity index (χ2n) is 26.8. The molecule has 22 aromatic rings. The molecule has 0 aliphatic carbocycles. The van der Waals surface area contributed by atoms with Crippen LogP contribution in [-0.4, -0.2) is 0 Å². The van der Waals surface area contributed by atoms with Crippen molar-refractivity contribution in [3.8, 4) is 44.5 Å². The smallest absolute Gasteiger partial charge is 0.143 e. The Labute approximate surface area is 646 Å². The number of anilines is 6. The zero-order chi connectivity index (χ0) is 85.1. The molecule has 0 bridgehead atoms. The van der Waals surface area contributed by atoms with Gasteiger partial charge in [0.25, 0.3) is 0 Å². The number of fused-ring (bicyclic) bond motifs is 18. The fourth-order valence-electron chi connectivity index (χ4n) is 15.8. The molecule has 4 heteroatoms. The number of nitrogens with zero attached hydrogens (tertiary/aromatic N) is 2. The van der Waals surface area contributed by atoms with Crippen LogP contribution in [0.5, 0.6) is 0 Å². The van der Waals surface area contributed by atoms with Gasteiger partial charge in [-0.15, -0.1) is 0 Å². The average Bonchev–Trinajstić information content (AvgIpc) is 0.825. The molecule has 0 saturated heterocycles. The first-order chi connectivity index (χ1) is 60.3. The van der Waals surface area contributed by atoms with E-state index in [9.17, 15) is 21.9 Å². The van der Waals surface area contributed by atoms with E-state index in [1.807, 2.05) is 279 Å². The minimum absolute atomic E-state index is 0.0369. The standard InChI is InChI=1S/2C52H33NO/c1-3-14-40-36(12-1)32-49(45-18-6-5-16-43(40)45)35-26-30-39(31-27-35)53(50-33-37-13-2-4-15-41(37)44-17-7-8-19-46(44)50)38-28-24-34(25-29-38)42-21-11-22-48-47-20-9-10-23-51(47)54-52(42)48;1-3-14-40-36(12-1)32-48(45-18-6-5-16-43(40)45)35-26-30-39(31-27-35)53(49-33-37-13-2-4-15-41(37)44-17-7-8-19-46(44)49)38-28-24-34(25-29-38)42-21-11-23-51-52(42)47-20-9-10-22-50(47)54-51/h2*1-33H/i2*24D,25D,26D,27D,28D,29D,30D,31D. The molecule has 108 heavy (non-hydrogen) atoms. The van der Waals surface area contributed by atoms with E-state index in [0.29, 0.717) is 72.1 Å². The first-order valence-corrected chi connectivity index (χ1v) is 35.7. The number of hydrogen-bond acceptors (Lipinski definition) is 4. The van der Waals surface area contributed by atoms with E-state index in [2.05, 4.69) is 0 Å². The molecule has 0 unspecified atom stereocenters. The van der Waals surface area contributed by atoms with Crippen LogP contribution >= 0.6 is 0 Å². The predicted octanol–water partition coefficient (Wildman–Crippen LogP) is 30.0. The molecule has 0 saturated carbocycles. The quantitative estimate of drug-likeness (QED) is 0.128. The second-order valence-corrected chi connectivity index (χ2v) is 26.8.